The molecule has 1 amide bonds. The molecule has 1 aromatic carbocycles. The van der Waals surface area contributed by atoms with Gasteiger partial charge in [-0.25, -0.2) is 0 Å². The maximum atomic E-state index is 13.0. The van der Waals surface area contributed by atoms with Gasteiger partial charge in [0.1, 0.15) is 5.69 Å². The molecule has 0 aliphatic carbocycles. The van der Waals surface area contributed by atoms with E-state index in [1.165, 1.54) is 0 Å². The van der Waals surface area contributed by atoms with Gasteiger partial charge in [0.25, 0.3) is 5.91 Å². The first-order valence-electron chi connectivity index (χ1n) is 10.1. The number of hydrogen-bond donors (Lipinski definition) is 2. The van der Waals surface area contributed by atoms with Crippen molar-refractivity contribution >= 4 is 40.5 Å². The van der Waals surface area contributed by atoms with E-state index in [-0.39, 0.29) is 11.9 Å². The lowest BCUT2D eigenvalue weighted by Crippen LogP contribution is -2.40. The molecule has 0 saturated carbocycles. The molecule has 4 rings (SSSR count). The highest BCUT2D eigenvalue weighted by molar-refractivity contribution is 6.35. The van der Waals surface area contributed by atoms with Crippen LogP contribution in [0.5, 0.6) is 0 Å². The second-order valence-corrected chi connectivity index (χ2v) is 8.69. The Morgan fingerprint density at radius 1 is 1.13 bits per heavy atom. The minimum absolute atomic E-state index is 0.178. The normalized spacial score (nSPS) is 14.7. The van der Waals surface area contributed by atoms with Crippen LogP contribution >= 0.6 is 23.2 Å². The number of piperidine rings is 1. The van der Waals surface area contributed by atoms with Gasteiger partial charge in [-0.3, -0.25) is 14.5 Å². The Morgan fingerprint density at radius 2 is 1.81 bits per heavy atom. The summed E-state index contributed by atoms with van der Waals surface area (Å²) >= 11 is 12.5. The van der Waals surface area contributed by atoms with Crippen LogP contribution in [0.4, 0.5) is 11.4 Å². The minimum Gasteiger partial charge on any atom is -0.369 e. The molecule has 1 aliphatic heterocycles. The van der Waals surface area contributed by atoms with Crippen LogP contribution in [0.15, 0.2) is 36.7 Å². The van der Waals surface area contributed by atoms with Crippen molar-refractivity contribution in [1.29, 1.82) is 0 Å². The van der Waals surface area contributed by atoms with Gasteiger partial charge in [0.15, 0.2) is 0 Å². The number of aryl methyl sites for hydroxylation is 2. The fourth-order valence-electron chi connectivity index (χ4n) is 3.94. The van der Waals surface area contributed by atoms with Gasteiger partial charge in [-0.05, 0) is 49.6 Å². The zero-order valence-electron chi connectivity index (χ0n) is 17.4. The number of hydrogen-bond acceptors (Lipinski definition) is 5. The maximum absolute atomic E-state index is 13.0. The molecule has 3 aromatic rings. The predicted octanol–water partition coefficient (Wildman–Crippen LogP) is 4.28. The van der Waals surface area contributed by atoms with Crippen LogP contribution in [0.2, 0.25) is 10.0 Å². The number of nitrogens with one attached hydrogen (secondary N) is 1. The van der Waals surface area contributed by atoms with E-state index in [0.717, 1.165) is 48.4 Å². The van der Waals surface area contributed by atoms with E-state index >= 15 is 0 Å². The fourth-order valence-corrected chi connectivity index (χ4v) is 4.47. The topological polar surface area (TPSA) is 89.1 Å². The van der Waals surface area contributed by atoms with Crippen molar-refractivity contribution in [2.24, 2.45) is 12.8 Å². The summed E-state index contributed by atoms with van der Waals surface area (Å²) in [7, 11) is 1.75. The number of halogens is 2. The predicted molar refractivity (Wildman–Crippen MR) is 125 cm³/mol. The van der Waals surface area contributed by atoms with Gasteiger partial charge < -0.3 is 16.0 Å². The van der Waals surface area contributed by atoms with E-state index in [0.29, 0.717) is 21.4 Å². The number of rotatable bonds is 4. The van der Waals surface area contributed by atoms with Crippen molar-refractivity contribution in [3.05, 3.63) is 58.1 Å². The summed E-state index contributed by atoms with van der Waals surface area (Å²) in [5.41, 5.74) is 10.6. The second-order valence-electron chi connectivity index (χ2n) is 7.81. The largest absolute Gasteiger partial charge is 0.369 e. The van der Waals surface area contributed by atoms with Crippen molar-refractivity contribution < 1.29 is 4.79 Å². The fraction of sp³-hybridized carbons (Fsp3) is 0.318. The van der Waals surface area contributed by atoms with Crippen molar-refractivity contribution in [2.75, 3.05) is 23.3 Å². The molecular formula is C22H24Cl2N6O. The third kappa shape index (κ3) is 4.69. The first-order valence-corrected chi connectivity index (χ1v) is 10.8. The van der Waals surface area contributed by atoms with Crippen molar-refractivity contribution in [3.63, 3.8) is 0 Å². The summed E-state index contributed by atoms with van der Waals surface area (Å²) in [6.45, 7) is 3.41. The van der Waals surface area contributed by atoms with Gasteiger partial charge in [0.2, 0.25) is 0 Å². The Hall–Kier alpha value is -2.61. The Morgan fingerprint density at radius 3 is 2.42 bits per heavy atom. The molecule has 1 aliphatic rings. The molecule has 7 nitrogen and oxygen atoms in total. The third-order valence-electron chi connectivity index (χ3n) is 5.43. The highest BCUT2D eigenvalue weighted by Gasteiger charge is 2.24. The zero-order valence-corrected chi connectivity index (χ0v) is 18.9. The van der Waals surface area contributed by atoms with Crippen LogP contribution in [0.25, 0.3) is 11.1 Å². The lowest BCUT2D eigenvalue weighted by atomic mass is 10.0. The number of nitrogens with zero attached hydrogens (tertiary/aromatic N) is 4. The highest BCUT2D eigenvalue weighted by Crippen LogP contribution is 2.39. The van der Waals surface area contributed by atoms with Crippen molar-refractivity contribution in [2.45, 2.75) is 25.8 Å². The highest BCUT2D eigenvalue weighted by atomic mass is 35.5. The summed E-state index contributed by atoms with van der Waals surface area (Å²) in [6, 6.07) is 7.32. The molecule has 2 aromatic heterocycles. The first-order chi connectivity index (χ1) is 14.8. The standard InChI is InChI=1S/C22H24Cl2N6O/c1-13-7-20(29(2)28-13)22(31)27-19-12-26-11-18(14-8-15(23)10-16(24)9-14)21(19)30-5-3-17(25)4-6-30/h7-12,17H,3-6,25H2,1-2H3,(H,27,31). The number of amides is 1. The van der Waals surface area contributed by atoms with Crippen molar-refractivity contribution in [3.8, 4) is 11.1 Å². The molecule has 31 heavy (non-hydrogen) atoms. The van der Waals surface area contributed by atoms with Gasteiger partial charge in [-0.2, -0.15) is 5.10 Å². The Bertz CT molecular complexity index is 1100. The van der Waals surface area contributed by atoms with E-state index < -0.39 is 0 Å². The lowest BCUT2D eigenvalue weighted by Gasteiger charge is -2.34. The molecule has 9 heteroatoms. The smallest absolute Gasteiger partial charge is 0.274 e. The van der Waals surface area contributed by atoms with Crippen LogP contribution in [-0.2, 0) is 7.05 Å². The second kappa shape index (κ2) is 8.86. The number of carbonyl (C=O) groups excluding carboxylic acids is 1. The van der Waals surface area contributed by atoms with Gasteiger partial charge in [0.05, 0.1) is 23.3 Å². The lowest BCUT2D eigenvalue weighted by molar-refractivity contribution is 0.101. The van der Waals surface area contributed by atoms with Crippen LogP contribution in [0, 0.1) is 6.92 Å². The molecule has 0 bridgehead atoms. The molecule has 0 radical (unpaired) electrons. The first kappa shape index (κ1) is 21.6. The zero-order chi connectivity index (χ0) is 22.1. The van der Waals surface area contributed by atoms with Gasteiger partial charge in [0, 0.05) is 48.0 Å². The molecular weight excluding hydrogens is 435 g/mol. The molecule has 0 spiro atoms. The van der Waals surface area contributed by atoms with E-state index in [4.69, 9.17) is 28.9 Å². The maximum Gasteiger partial charge on any atom is 0.274 e. The van der Waals surface area contributed by atoms with Crippen molar-refractivity contribution in [1.82, 2.24) is 14.8 Å². The minimum atomic E-state index is -0.249. The number of aromatic nitrogens is 3. The number of nitrogens with two attached hydrogens (primary N) is 1. The monoisotopic (exact) mass is 458 g/mol. The van der Waals surface area contributed by atoms with Gasteiger partial charge in [-0.1, -0.05) is 23.2 Å². The van der Waals surface area contributed by atoms with Crippen LogP contribution in [0.3, 0.4) is 0 Å². The average molecular weight is 459 g/mol. The van der Waals surface area contributed by atoms with E-state index in [1.807, 2.05) is 19.1 Å². The number of pyridine rings is 1. The molecule has 162 valence electrons. The molecule has 3 N–H and O–H groups in total. The Labute approximate surface area is 191 Å². The number of anilines is 2. The van der Waals surface area contributed by atoms with E-state index in [1.54, 1.807) is 36.3 Å². The Balaban J connectivity index is 1.79. The van der Waals surface area contributed by atoms with Gasteiger partial charge >= 0.3 is 0 Å². The summed E-state index contributed by atoms with van der Waals surface area (Å²) < 4.78 is 1.57. The van der Waals surface area contributed by atoms with E-state index in [9.17, 15) is 4.79 Å². The molecule has 1 saturated heterocycles. The Kier molecular flexibility index (Phi) is 6.18. The quantitative estimate of drug-likeness (QED) is 0.608. The summed E-state index contributed by atoms with van der Waals surface area (Å²) in [5, 5.41) is 8.37. The third-order valence-corrected chi connectivity index (χ3v) is 5.87. The van der Waals surface area contributed by atoms with Crippen LogP contribution < -0.4 is 16.0 Å². The van der Waals surface area contributed by atoms with E-state index in [2.05, 4.69) is 20.3 Å². The molecule has 3 heterocycles. The van der Waals surface area contributed by atoms with Crippen LogP contribution in [-0.4, -0.2) is 39.8 Å². The summed E-state index contributed by atoms with van der Waals surface area (Å²) in [6.07, 6.45) is 5.18. The molecule has 0 atom stereocenters. The van der Waals surface area contributed by atoms with Crippen LogP contribution in [0.1, 0.15) is 29.0 Å². The SMILES string of the molecule is Cc1cc(C(=O)Nc2cncc(-c3cc(Cl)cc(Cl)c3)c2N2CCC(N)CC2)n(C)n1. The summed E-state index contributed by atoms with van der Waals surface area (Å²) in [5.74, 6) is -0.249. The average Bonchev–Trinajstić information content (AvgIpc) is 3.06. The molecule has 1 fully saturated rings. The number of carbonyl (C=O) groups is 1. The number of benzene rings is 1. The molecule has 0 unspecified atom stereocenters. The van der Waals surface area contributed by atoms with Gasteiger partial charge in [-0.15, -0.1) is 0 Å². The summed E-state index contributed by atoms with van der Waals surface area (Å²) in [4.78, 5) is 19.6.